The molecule has 0 saturated carbocycles. The highest BCUT2D eigenvalue weighted by Gasteiger charge is 2.30. The summed E-state index contributed by atoms with van der Waals surface area (Å²) in [5.74, 6) is 0.0237. The van der Waals surface area contributed by atoms with E-state index < -0.39 is 6.04 Å². The molecule has 4 rings (SSSR count). The number of ether oxygens (including phenoxy) is 1. The molecule has 0 aliphatic rings. The van der Waals surface area contributed by atoms with Gasteiger partial charge in [-0.25, -0.2) is 0 Å². The van der Waals surface area contributed by atoms with Gasteiger partial charge in [-0.2, -0.15) is 0 Å². The minimum atomic E-state index is -0.718. The van der Waals surface area contributed by atoms with E-state index in [1.54, 1.807) is 24.1 Å². The van der Waals surface area contributed by atoms with Crippen LogP contribution in [0.25, 0.3) is 10.8 Å². The van der Waals surface area contributed by atoms with Gasteiger partial charge in [-0.15, -0.1) is 0 Å². The molecule has 7 heteroatoms. The number of likely N-dealkylation sites (N-methyl/N-ethyl adjacent to an activating group) is 1. The van der Waals surface area contributed by atoms with E-state index in [1.165, 1.54) is 0 Å². The van der Waals surface area contributed by atoms with Crippen LogP contribution in [-0.2, 0) is 22.6 Å². The van der Waals surface area contributed by atoms with Crippen molar-refractivity contribution < 1.29 is 14.3 Å². The molecule has 1 N–H and O–H groups in total. The van der Waals surface area contributed by atoms with E-state index in [0.717, 1.165) is 26.4 Å². The molecule has 0 fully saturated rings. The molecule has 0 bridgehead atoms. The molecule has 184 valence electrons. The van der Waals surface area contributed by atoms with Crippen LogP contribution in [0.15, 0.2) is 95.5 Å². The Morgan fingerprint density at radius 1 is 0.917 bits per heavy atom. The zero-order valence-corrected chi connectivity index (χ0v) is 22.1. The zero-order chi connectivity index (χ0) is 25.5. The quantitative estimate of drug-likeness (QED) is 0.270. The highest BCUT2D eigenvalue weighted by atomic mass is 79.9. The molecule has 5 nitrogen and oxygen atoms in total. The van der Waals surface area contributed by atoms with Gasteiger partial charge in [-0.1, -0.05) is 84.4 Å². The summed E-state index contributed by atoms with van der Waals surface area (Å²) in [4.78, 5) is 28.2. The van der Waals surface area contributed by atoms with Crippen LogP contribution >= 0.6 is 27.5 Å². The van der Waals surface area contributed by atoms with E-state index in [4.69, 9.17) is 16.3 Å². The molecule has 0 spiro atoms. The van der Waals surface area contributed by atoms with Crippen molar-refractivity contribution in [2.24, 2.45) is 0 Å². The first kappa shape index (κ1) is 25.7. The fraction of sp³-hybridized carbons (Fsp3) is 0.172. The number of nitrogens with one attached hydrogen (secondary N) is 1. The van der Waals surface area contributed by atoms with Gasteiger partial charge in [-0.3, -0.25) is 9.59 Å². The van der Waals surface area contributed by atoms with Crippen molar-refractivity contribution in [3.63, 3.8) is 0 Å². The van der Waals surface area contributed by atoms with Crippen LogP contribution in [0.4, 0.5) is 0 Å². The summed E-state index contributed by atoms with van der Waals surface area (Å²) >= 11 is 9.67. The third-order valence-corrected chi connectivity index (χ3v) is 7.03. The summed E-state index contributed by atoms with van der Waals surface area (Å²) < 4.78 is 6.75. The maximum absolute atomic E-state index is 13.6. The topological polar surface area (TPSA) is 58.6 Å². The van der Waals surface area contributed by atoms with Crippen LogP contribution in [0.3, 0.4) is 0 Å². The number of nitrogens with zero attached hydrogens (tertiary/aromatic N) is 1. The van der Waals surface area contributed by atoms with Crippen molar-refractivity contribution >= 4 is 50.1 Å². The minimum Gasteiger partial charge on any atom is -0.483 e. The number of hydrogen-bond donors (Lipinski definition) is 1. The molecule has 0 aliphatic heterocycles. The van der Waals surface area contributed by atoms with Gasteiger partial charge >= 0.3 is 0 Å². The normalized spacial score (nSPS) is 11.6. The molecule has 4 aromatic carbocycles. The number of amides is 2. The molecule has 1 atom stereocenters. The van der Waals surface area contributed by atoms with Crippen LogP contribution in [0.2, 0.25) is 5.02 Å². The number of rotatable bonds is 9. The van der Waals surface area contributed by atoms with Gasteiger partial charge in [0.25, 0.3) is 5.91 Å². The lowest BCUT2D eigenvalue weighted by molar-refractivity contribution is -0.142. The van der Waals surface area contributed by atoms with Crippen molar-refractivity contribution in [1.82, 2.24) is 10.2 Å². The number of fused-ring (bicyclic) bond motifs is 1. The first-order valence-electron chi connectivity index (χ1n) is 11.6. The molecule has 0 aromatic heterocycles. The first-order chi connectivity index (χ1) is 17.5. The monoisotopic (exact) mass is 564 g/mol. The molecule has 0 aliphatic carbocycles. The summed E-state index contributed by atoms with van der Waals surface area (Å²) in [7, 11) is 1.58. The maximum Gasteiger partial charge on any atom is 0.261 e. The van der Waals surface area contributed by atoms with Gasteiger partial charge in [0.05, 0.1) is 4.47 Å². The fourth-order valence-corrected chi connectivity index (χ4v) is 4.79. The predicted molar refractivity (Wildman–Crippen MR) is 147 cm³/mol. The van der Waals surface area contributed by atoms with Crippen molar-refractivity contribution in [3.05, 3.63) is 112 Å². The molecule has 36 heavy (non-hydrogen) atoms. The molecular weight excluding hydrogens is 540 g/mol. The molecule has 1 unspecified atom stereocenters. The summed E-state index contributed by atoms with van der Waals surface area (Å²) in [5.41, 5.74) is 1.82. The number of halogens is 2. The van der Waals surface area contributed by atoms with E-state index in [1.807, 2.05) is 78.9 Å². The van der Waals surface area contributed by atoms with Crippen LogP contribution in [0.1, 0.15) is 11.1 Å². The largest absolute Gasteiger partial charge is 0.483 e. The average molecular weight is 566 g/mol. The Balaban J connectivity index is 1.61. The highest BCUT2D eigenvalue weighted by Crippen LogP contribution is 2.33. The highest BCUT2D eigenvalue weighted by molar-refractivity contribution is 9.10. The van der Waals surface area contributed by atoms with Crippen LogP contribution < -0.4 is 10.1 Å². The Labute approximate surface area is 224 Å². The van der Waals surface area contributed by atoms with Crippen LogP contribution in [0.5, 0.6) is 5.75 Å². The lowest BCUT2D eigenvalue weighted by Crippen LogP contribution is -2.51. The summed E-state index contributed by atoms with van der Waals surface area (Å²) in [6, 6.07) is 27.9. The molecule has 4 aromatic rings. The second-order valence-electron chi connectivity index (χ2n) is 8.36. The van der Waals surface area contributed by atoms with Crippen molar-refractivity contribution in [1.29, 1.82) is 0 Å². The van der Waals surface area contributed by atoms with Crippen molar-refractivity contribution in [3.8, 4) is 5.75 Å². The minimum absolute atomic E-state index is 0.215. The third kappa shape index (κ3) is 6.25. The Bertz CT molecular complexity index is 1350. The molecule has 0 radical (unpaired) electrons. The summed E-state index contributed by atoms with van der Waals surface area (Å²) in [6.07, 6.45) is 0.375. The van der Waals surface area contributed by atoms with Gasteiger partial charge in [0, 0.05) is 25.0 Å². The van der Waals surface area contributed by atoms with Gasteiger partial charge in [0.15, 0.2) is 6.61 Å². The number of carbonyl (C=O) groups excluding carboxylic acids is 2. The predicted octanol–water partition coefficient (Wildman–Crippen LogP) is 6.02. The van der Waals surface area contributed by atoms with Gasteiger partial charge in [0.2, 0.25) is 5.91 Å². The van der Waals surface area contributed by atoms with Gasteiger partial charge in [0.1, 0.15) is 11.8 Å². The van der Waals surface area contributed by atoms with Gasteiger partial charge in [-0.05, 0) is 56.0 Å². The van der Waals surface area contributed by atoms with E-state index in [-0.39, 0.29) is 25.0 Å². The van der Waals surface area contributed by atoms with Crippen molar-refractivity contribution in [2.45, 2.75) is 19.0 Å². The Hall–Kier alpha value is -3.35. The zero-order valence-electron chi connectivity index (χ0n) is 19.8. The summed E-state index contributed by atoms with van der Waals surface area (Å²) in [6.45, 7) is 0.0238. The Morgan fingerprint density at radius 2 is 1.61 bits per heavy atom. The van der Waals surface area contributed by atoms with E-state index in [0.29, 0.717) is 17.2 Å². The Morgan fingerprint density at radius 3 is 2.33 bits per heavy atom. The Kier molecular flexibility index (Phi) is 8.62. The van der Waals surface area contributed by atoms with E-state index in [9.17, 15) is 9.59 Å². The molecular formula is C29H26BrClN2O3. The lowest BCUT2D eigenvalue weighted by atomic mass is 10.0. The smallest absolute Gasteiger partial charge is 0.261 e. The molecule has 0 saturated heterocycles. The number of carbonyl (C=O) groups is 2. The second kappa shape index (κ2) is 12.1. The van der Waals surface area contributed by atoms with E-state index in [2.05, 4.69) is 21.2 Å². The maximum atomic E-state index is 13.6. The number of benzene rings is 4. The average Bonchev–Trinajstić information content (AvgIpc) is 2.91. The van der Waals surface area contributed by atoms with Crippen LogP contribution in [-0.4, -0.2) is 36.4 Å². The van der Waals surface area contributed by atoms with Crippen LogP contribution in [0, 0.1) is 0 Å². The standard InChI is InChI=1S/C29H26BrClN2O3/c1-32-29(35)25(17-20-7-3-2-4-8-20)33(18-21-11-14-23(31)15-12-21)27(34)19-36-26-16-13-22-9-5-6-10-24(22)28(26)30/h2-16,25H,17-19H2,1H3,(H,32,35). The fourth-order valence-electron chi connectivity index (χ4n) is 4.05. The van der Waals surface area contributed by atoms with E-state index >= 15 is 0 Å². The second-order valence-corrected chi connectivity index (χ2v) is 9.58. The number of hydrogen-bond acceptors (Lipinski definition) is 3. The molecule has 2 amide bonds. The lowest BCUT2D eigenvalue weighted by Gasteiger charge is -2.31. The molecule has 0 heterocycles. The third-order valence-electron chi connectivity index (χ3n) is 5.96. The van der Waals surface area contributed by atoms with Gasteiger partial charge < -0.3 is 15.0 Å². The SMILES string of the molecule is CNC(=O)C(Cc1ccccc1)N(Cc1ccc(Cl)cc1)C(=O)COc1ccc2ccccc2c1Br. The van der Waals surface area contributed by atoms with Crippen molar-refractivity contribution in [2.75, 3.05) is 13.7 Å². The first-order valence-corrected chi connectivity index (χ1v) is 12.7. The summed E-state index contributed by atoms with van der Waals surface area (Å²) in [5, 5.41) is 5.38.